The maximum atomic E-state index is 13.4. The Labute approximate surface area is 274 Å². The normalized spacial score (nSPS) is 33.5. The molecule has 0 saturated heterocycles. The molecule has 0 aliphatic heterocycles. The Bertz CT molecular complexity index is 973. The van der Waals surface area contributed by atoms with Crippen molar-refractivity contribution in [2.75, 3.05) is 26.2 Å². The van der Waals surface area contributed by atoms with Crippen LogP contribution in [0.2, 0.25) is 0 Å². The number of amides is 1. The maximum Gasteiger partial charge on any atom is 0.410 e. The zero-order valence-corrected chi connectivity index (χ0v) is 29.4. The molecule has 8 atom stereocenters. The summed E-state index contributed by atoms with van der Waals surface area (Å²) < 4.78 is 6.21. The second-order valence-electron chi connectivity index (χ2n) is 16.2. The van der Waals surface area contributed by atoms with Gasteiger partial charge in [-0.25, -0.2) is 4.79 Å². The summed E-state index contributed by atoms with van der Waals surface area (Å²) in [7, 11) is 0. The minimum absolute atomic E-state index is 0.0612. The Balaban J connectivity index is 1.35. The van der Waals surface area contributed by atoms with Crippen LogP contribution in [-0.4, -0.2) is 55.9 Å². The van der Waals surface area contributed by atoms with E-state index in [4.69, 9.17) is 27.7 Å². The van der Waals surface area contributed by atoms with E-state index in [2.05, 4.69) is 51.3 Å². The first-order valence-corrected chi connectivity index (χ1v) is 18.5. The van der Waals surface area contributed by atoms with Crippen LogP contribution in [0.5, 0.6) is 0 Å². The van der Waals surface area contributed by atoms with Crippen molar-refractivity contribution < 1.29 is 9.53 Å². The topological polar surface area (TPSA) is 158 Å². The minimum Gasteiger partial charge on any atom is -0.446 e. The van der Waals surface area contributed by atoms with Gasteiger partial charge in [-0.3, -0.25) is 10.6 Å². The number of hydrogen-bond donors (Lipinski definition) is 6. The maximum absolute atomic E-state index is 13.4. The molecule has 9 heteroatoms. The SMILES string of the molecule is CC(C)CCCC(C)C1CCC2C3CC=C4CC(OC(=O)N(CCCCNC(N)N)CCNC(N)N)CCC4(C)C3CCC12C. The first-order valence-electron chi connectivity index (χ1n) is 18.5. The van der Waals surface area contributed by atoms with Crippen LogP contribution in [0.3, 0.4) is 0 Å². The zero-order chi connectivity index (χ0) is 32.8. The van der Waals surface area contributed by atoms with E-state index in [0.29, 0.717) is 31.6 Å². The standard InChI is InChI=1S/C36H69N7O2/c1-24(2)9-8-10-25(3)29-13-14-30-28-12-11-26-23-27(15-17-35(26,4)31(28)16-18-36(29,30)5)45-34(44)43(22-20-42-33(39)40)21-7-6-19-41-32(37)38/h11,24-25,27-33,41-42H,6-10,12-23,37-40H2,1-5H3. The quantitative estimate of drug-likeness (QED) is 0.0771. The molecule has 0 aromatic heterocycles. The van der Waals surface area contributed by atoms with Crippen LogP contribution in [0.4, 0.5) is 4.79 Å². The van der Waals surface area contributed by atoms with Crippen LogP contribution in [0.25, 0.3) is 0 Å². The van der Waals surface area contributed by atoms with Crippen molar-refractivity contribution in [3.8, 4) is 0 Å². The van der Waals surface area contributed by atoms with E-state index in [1.54, 1.807) is 10.5 Å². The third-order valence-electron chi connectivity index (χ3n) is 12.8. The summed E-state index contributed by atoms with van der Waals surface area (Å²) in [5.74, 6) is 4.98. The molecule has 260 valence electrons. The van der Waals surface area contributed by atoms with Crippen LogP contribution in [0.1, 0.15) is 118 Å². The van der Waals surface area contributed by atoms with Gasteiger partial charge in [0, 0.05) is 26.1 Å². The van der Waals surface area contributed by atoms with Gasteiger partial charge in [0.25, 0.3) is 0 Å². The highest BCUT2D eigenvalue weighted by Gasteiger charge is 2.59. The van der Waals surface area contributed by atoms with E-state index in [1.165, 1.54) is 51.4 Å². The Morgan fingerprint density at radius 3 is 2.36 bits per heavy atom. The molecular formula is C36H69N7O2. The summed E-state index contributed by atoms with van der Waals surface area (Å²) in [6.07, 6.45) is 16.8. The summed E-state index contributed by atoms with van der Waals surface area (Å²) in [5, 5.41) is 6.03. The average Bonchev–Trinajstić information content (AvgIpc) is 3.33. The summed E-state index contributed by atoms with van der Waals surface area (Å²) in [6, 6.07) is 0. The Morgan fingerprint density at radius 2 is 1.64 bits per heavy atom. The number of carbonyl (C=O) groups is 1. The number of nitrogens with one attached hydrogen (secondary N) is 2. The smallest absolute Gasteiger partial charge is 0.410 e. The Hall–Kier alpha value is -1.23. The molecule has 9 nitrogen and oxygen atoms in total. The molecule has 1 amide bonds. The van der Waals surface area contributed by atoms with Crippen LogP contribution in [-0.2, 0) is 4.74 Å². The Kier molecular flexibility index (Phi) is 13.2. The highest BCUT2D eigenvalue weighted by molar-refractivity contribution is 5.68. The first-order chi connectivity index (χ1) is 21.3. The van der Waals surface area contributed by atoms with E-state index >= 15 is 0 Å². The Morgan fingerprint density at radius 1 is 0.911 bits per heavy atom. The number of nitrogens with two attached hydrogens (primary N) is 4. The summed E-state index contributed by atoms with van der Waals surface area (Å²) >= 11 is 0. The number of rotatable bonds is 16. The van der Waals surface area contributed by atoms with E-state index in [9.17, 15) is 4.79 Å². The number of ether oxygens (including phenoxy) is 1. The molecule has 0 aromatic rings. The summed E-state index contributed by atoms with van der Waals surface area (Å²) in [5.41, 5.74) is 24.8. The fourth-order valence-corrected chi connectivity index (χ4v) is 10.3. The summed E-state index contributed by atoms with van der Waals surface area (Å²) in [4.78, 5) is 15.2. The van der Waals surface area contributed by atoms with Crippen LogP contribution in [0.15, 0.2) is 11.6 Å². The number of unbranched alkanes of at least 4 members (excludes halogenated alkanes) is 1. The number of hydrogen-bond acceptors (Lipinski definition) is 8. The highest BCUT2D eigenvalue weighted by atomic mass is 16.6. The summed E-state index contributed by atoms with van der Waals surface area (Å²) in [6.45, 7) is 14.8. The fourth-order valence-electron chi connectivity index (χ4n) is 10.3. The lowest BCUT2D eigenvalue weighted by Gasteiger charge is -2.58. The van der Waals surface area contributed by atoms with Crippen molar-refractivity contribution in [2.24, 2.45) is 69.3 Å². The second-order valence-corrected chi connectivity index (χ2v) is 16.2. The van der Waals surface area contributed by atoms with Crippen LogP contribution < -0.4 is 33.6 Å². The third kappa shape index (κ3) is 9.02. The van der Waals surface area contributed by atoms with E-state index < -0.39 is 12.6 Å². The lowest BCUT2D eigenvalue weighted by atomic mass is 9.47. The minimum atomic E-state index is -0.609. The van der Waals surface area contributed by atoms with Crippen LogP contribution >= 0.6 is 0 Å². The van der Waals surface area contributed by atoms with Gasteiger partial charge in [0.05, 0.1) is 0 Å². The molecule has 8 unspecified atom stereocenters. The van der Waals surface area contributed by atoms with Gasteiger partial charge < -0.3 is 32.6 Å². The fraction of sp³-hybridized carbons (Fsp3) is 0.917. The molecule has 4 rings (SSSR count). The molecule has 0 radical (unpaired) electrons. The van der Waals surface area contributed by atoms with Gasteiger partial charge in [-0.1, -0.05) is 65.5 Å². The molecule has 3 fully saturated rings. The van der Waals surface area contributed by atoms with Gasteiger partial charge in [0.15, 0.2) is 0 Å². The van der Waals surface area contributed by atoms with E-state index in [-0.39, 0.29) is 17.6 Å². The molecular weight excluding hydrogens is 562 g/mol. The zero-order valence-electron chi connectivity index (χ0n) is 29.4. The van der Waals surface area contributed by atoms with Gasteiger partial charge in [-0.05, 0) is 111 Å². The second kappa shape index (κ2) is 16.2. The van der Waals surface area contributed by atoms with E-state index in [0.717, 1.165) is 67.6 Å². The van der Waals surface area contributed by atoms with Gasteiger partial charge in [0.2, 0.25) is 0 Å². The van der Waals surface area contributed by atoms with Crippen molar-refractivity contribution in [2.45, 2.75) is 137 Å². The molecule has 0 bridgehead atoms. The van der Waals surface area contributed by atoms with Crippen molar-refractivity contribution >= 4 is 6.09 Å². The predicted octanol–water partition coefficient (Wildman–Crippen LogP) is 5.20. The molecule has 3 saturated carbocycles. The first kappa shape index (κ1) is 36.6. The molecule has 4 aliphatic rings. The molecule has 0 heterocycles. The average molecular weight is 632 g/mol. The highest BCUT2D eigenvalue weighted by Crippen LogP contribution is 2.67. The lowest BCUT2D eigenvalue weighted by molar-refractivity contribution is -0.0593. The monoisotopic (exact) mass is 632 g/mol. The van der Waals surface area contributed by atoms with Crippen molar-refractivity contribution in [1.29, 1.82) is 0 Å². The van der Waals surface area contributed by atoms with Crippen molar-refractivity contribution in [1.82, 2.24) is 15.5 Å². The van der Waals surface area contributed by atoms with Gasteiger partial charge in [-0.15, -0.1) is 0 Å². The number of fused-ring (bicyclic) bond motifs is 5. The largest absolute Gasteiger partial charge is 0.446 e. The molecule has 0 spiro atoms. The molecule has 10 N–H and O–H groups in total. The van der Waals surface area contributed by atoms with Crippen molar-refractivity contribution in [3.05, 3.63) is 11.6 Å². The van der Waals surface area contributed by atoms with Gasteiger partial charge in [-0.2, -0.15) is 0 Å². The van der Waals surface area contributed by atoms with Gasteiger partial charge >= 0.3 is 6.09 Å². The predicted molar refractivity (Wildman–Crippen MR) is 184 cm³/mol. The number of carbonyl (C=O) groups excluding carboxylic acids is 1. The number of nitrogens with zero attached hydrogens (tertiary/aromatic N) is 1. The third-order valence-corrected chi connectivity index (χ3v) is 12.8. The van der Waals surface area contributed by atoms with Gasteiger partial charge in [0.1, 0.15) is 18.7 Å². The molecule has 45 heavy (non-hydrogen) atoms. The molecule has 0 aromatic carbocycles. The van der Waals surface area contributed by atoms with E-state index in [1.807, 2.05) is 0 Å². The number of allylic oxidation sites excluding steroid dienone is 1. The lowest BCUT2D eigenvalue weighted by Crippen LogP contribution is -2.51. The van der Waals surface area contributed by atoms with Crippen molar-refractivity contribution in [3.63, 3.8) is 0 Å². The molecule has 4 aliphatic carbocycles. The van der Waals surface area contributed by atoms with Crippen LogP contribution in [0, 0.1) is 46.3 Å².